The molecule has 152 valence electrons. The van der Waals surface area contributed by atoms with Crippen molar-refractivity contribution in [2.24, 2.45) is 0 Å². The first-order valence-corrected chi connectivity index (χ1v) is 12.3. The van der Waals surface area contributed by atoms with E-state index in [-0.39, 0.29) is 11.5 Å². The Morgan fingerprint density at radius 3 is 2.57 bits per heavy atom. The second-order valence-corrected chi connectivity index (χ2v) is 10.5. The van der Waals surface area contributed by atoms with Crippen LogP contribution in [0.25, 0.3) is 0 Å². The van der Waals surface area contributed by atoms with Crippen LogP contribution in [-0.4, -0.2) is 36.2 Å². The lowest BCUT2D eigenvalue weighted by molar-refractivity contribution is 0.411. The van der Waals surface area contributed by atoms with Crippen molar-refractivity contribution in [1.29, 1.82) is 0 Å². The van der Waals surface area contributed by atoms with E-state index in [1.54, 1.807) is 49.4 Å². The summed E-state index contributed by atoms with van der Waals surface area (Å²) >= 11 is 0. The summed E-state index contributed by atoms with van der Waals surface area (Å²) in [6, 6.07) is 11.9. The molecule has 0 amide bonds. The Labute approximate surface area is 166 Å². The fourth-order valence-electron chi connectivity index (χ4n) is 3.31. The molecule has 0 bridgehead atoms. The van der Waals surface area contributed by atoms with Crippen molar-refractivity contribution in [3.8, 4) is 5.75 Å². The molecule has 1 aliphatic heterocycles. The number of fused-ring (bicyclic) bond motifs is 1. The highest BCUT2D eigenvalue weighted by molar-refractivity contribution is 7.92. The van der Waals surface area contributed by atoms with Crippen molar-refractivity contribution < 1.29 is 21.6 Å². The molecule has 0 radical (unpaired) electrons. The molecule has 0 saturated heterocycles. The summed E-state index contributed by atoms with van der Waals surface area (Å²) in [7, 11) is -5.51. The quantitative estimate of drug-likeness (QED) is 0.738. The van der Waals surface area contributed by atoms with Crippen LogP contribution in [0, 0.1) is 0 Å². The van der Waals surface area contributed by atoms with E-state index in [1.165, 1.54) is 11.4 Å². The largest absolute Gasteiger partial charge is 0.496 e. The lowest BCUT2D eigenvalue weighted by atomic mass is 10.0. The van der Waals surface area contributed by atoms with E-state index in [9.17, 15) is 16.8 Å². The van der Waals surface area contributed by atoms with Gasteiger partial charge in [-0.1, -0.05) is 18.2 Å². The monoisotopic (exact) mass is 424 g/mol. The number of hydrogen-bond donors (Lipinski definition) is 1. The van der Waals surface area contributed by atoms with Gasteiger partial charge in [-0.15, -0.1) is 0 Å². The van der Waals surface area contributed by atoms with Crippen LogP contribution in [0.15, 0.2) is 42.5 Å². The van der Waals surface area contributed by atoms with E-state index in [0.29, 0.717) is 42.1 Å². The van der Waals surface area contributed by atoms with Gasteiger partial charge >= 0.3 is 0 Å². The maximum Gasteiger partial charge on any atom is 0.237 e. The van der Waals surface area contributed by atoms with Gasteiger partial charge in [-0.2, -0.15) is 0 Å². The first-order chi connectivity index (χ1) is 13.3. The minimum absolute atomic E-state index is 0.0275. The Morgan fingerprint density at radius 1 is 1.11 bits per heavy atom. The Bertz CT molecular complexity index is 1070. The van der Waals surface area contributed by atoms with Crippen LogP contribution in [0.3, 0.4) is 0 Å². The smallest absolute Gasteiger partial charge is 0.237 e. The molecule has 2 aromatic carbocycles. The highest BCUT2D eigenvalue weighted by Crippen LogP contribution is 2.32. The summed E-state index contributed by atoms with van der Waals surface area (Å²) in [6.07, 6.45) is 1.40. The number of rotatable bonds is 7. The van der Waals surface area contributed by atoms with Crippen LogP contribution >= 0.6 is 0 Å². The van der Waals surface area contributed by atoms with Gasteiger partial charge in [0.15, 0.2) is 0 Å². The molecule has 0 aromatic heterocycles. The van der Waals surface area contributed by atoms with E-state index in [4.69, 9.17) is 4.74 Å². The number of anilines is 2. The number of hydrogen-bond acceptors (Lipinski definition) is 5. The second-order valence-electron chi connectivity index (χ2n) is 6.59. The van der Waals surface area contributed by atoms with Crippen LogP contribution in [0.2, 0.25) is 0 Å². The van der Waals surface area contributed by atoms with Crippen LogP contribution in [0.5, 0.6) is 5.75 Å². The number of nitrogens with zero attached hydrogens (tertiary/aromatic N) is 1. The summed E-state index contributed by atoms with van der Waals surface area (Å²) in [4.78, 5) is 0. The number of methoxy groups -OCH3 is 1. The van der Waals surface area contributed by atoms with Crippen LogP contribution in [0.4, 0.5) is 11.4 Å². The summed E-state index contributed by atoms with van der Waals surface area (Å²) in [6.45, 7) is 2.06. The molecule has 0 aliphatic carbocycles. The number of sulfonamides is 2. The number of nitrogens with one attached hydrogen (secondary N) is 1. The third-order valence-electron chi connectivity index (χ3n) is 4.67. The average Bonchev–Trinajstić information content (AvgIpc) is 2.67. The number of ether oxygens (including phenoxy) is 1. The Kier molecular flexibility index (Phi) is 5.85. The van der Waals surface area contributed by atoms with Crippen molar-refractivity contribution in [3.05, 3.63) is 53.6 Å². The second kappa shape index (κ2) is 8.00. The lowest BCUT2D eigenvalue weighted by Gasteiger charge is -2.30. The fraction of sp³-hybridized carbons (Fsp3) is 0.368. The van der Waals surface area contributed by atoms with Gasteiger partial charge in [0.25, 0.3) is 0 Å². The number of aryl methyl sites for hydroxylation is 1. The highest BCUT2D eigenvalue weighted by atomic mass is 32.2. The number of benzene rings is 2. The standard InChI is InChI=1S/C19H24N2O5S2/c1-3-28(24,25)21-12-6-8-15-13-17(10-11-18(15)21)20-27(22,23)14-16-7-4-5-9-19(16)26-2/h4-5,7,9-11,13,20H,3,6,8,12,14H2,1-2H3. The Hall–Kier alpha value is -2.26. The molecule has 0 atom stereocenters. The molecule has 1 N–H and O–H groups in total. The van der Waals surface area contributed by atoms with Gasteiger partial charge in [-0.25, -0.2) is 16.8 Å². The van der Waals surface area contributed by atoms with E-state index < -0.39 is 20.0 Å². The normalized spacial score (nSPS) is 14.4. The molecule has 0 unspecified atom stereocenters. The van der Waals surface area contributed by atoms with E-state index in [1.807, 2.05) is 0 Å². The maximum atomic E-state index is 12.6. The van der Waals surface area contributed by atoms with Crippen molar-refractivity contribution in [1.82, 2.24) is 0 Å². The Balaban J connectivity index is 1.84. The van der Waals surface area contributed by atoms with E-state index in [0.717, 1.165) is 5.56 Å². The van der Waals surface area contributed by atoms with Gasteiger partial charge in [0, 0.05) is 17.8 Å². The summed E-state index contributed by atoms with van der Waals surface area (Å²) in [5, 5.41) is 0. The van der Waals surface area contributed by atoms with E-state index >= 15 is 0 Å². The minimum Gasteiger partial charge on any atom is -0.496 e. The zero-order valence-electron chi connectivity index (χ0n) is 15.9. The summed E-state index contributed by atoms with van der Waals surface area (Å²) in [5.74, 6) is 0.322. The molecule has 0 saturated carbocycles. The fourth-order valence-corrected chi connectivity index (χ4v) is 5.72. The molecule has 7 nitrogen and oxygen atoms in total. The molecular formula is C19H24N2O5S2. The van der Waals surface area contributed by atoms with Crippen molar-refractivity contribution in [2.45, 2.75) is 25.5 Å². The van der Waals surface area contributed by atoms with Gasteiger partial charge in [0.1, 0.15) is 5.75 Å². The van der Waals surface area contributed by atoms with E-state index in [2.05, 4.69) is 4.72 Å². The predicted octanol–water partition coefficient (Wildman–Crippen LogP) is 2.74. The Morgan fingerprint density at radius 2 is 1.86 bits per heavy atom. The zero-order valence-corrected chi connectivity index (χ0v) is 17.5. The van der Waals surface area contributed by atoms with Crippen LogP contribution in [-0.2, 0) is 32.2 Å². The molecule has 28 heavy (non-hydrogen) atoms. The van der Waals surface area contributed by atoms with Gasteiger partial charge < -0.3 is 4.74 Å². The first-order valence-electron chi connectivity index (χ1n) is 9.01. The molecule has 0 spiro atoms. The van der Waals surface area contributed by atoms with Crippen LogP contribution < -0.4 is 13.8 Å². The van der Waals surface area contributed by atoms with Gasteiger partial charge in [-0.05, 0) is 49.6 Å². The SMILES string of the molecule is CCS(=O)(=O)N1CCCc2cc(NS(=O)(=O)Cc3ccccc3OC)ccc21. The third-order valence-corrected chi connectivity index (χ3v) is 7.69. The molecule has 9 heteroatoms. The molecule has 0 fully saturated rings. The van der Waals surface area contributed by atoms with Crippen molar-refractivity contribution in [3.63, 3.8) is 0 Å². The molecule has 3 rings (SSSR count). The summed E-state index contributed by atoms with van der Waals surface area (Å²) < 4.78 is 59.0. The zero-order chi connectivity index (χ0) is 20.4. The van der Waals surface area contributed by atoms with Gasteiger partial charge in [-0.3, -0.25) is 9.03 Å². The minimum atomic E-state index is -3.66. The first kappa shape index (κ1) is 20.5. The van der Waals surface area contributed by atoms with Crippen molar-refractivity contribution in [2.75, 3.05) is 28.4 Å². The third kappa shape index (κ3) is 4.41. The van der Waals surface area contributed by atoms with Crippen LogP contribution in [0.1, 0.15) is 24.5 Å². The highest BCUT2D eigenvalue weighted by Gasteiger charge is 2.26. The molecule has 2 aromatic rings. The number of para-hydroxylation sites is 1. The topological polar surface area (TPSA) is 92.8 Å². The van der Waals surface area contributed by atoms with Gasteiger partial charge in [0.2, 0.25) is 20.0 Å². The van der Waals surface area contributed by atoms with Gasteiger partial charge in [0.05, 0.1) is 24.3 Å². The summed E-state index contributed by atoms with van der Waals surface area (Å²) in [5.41, 5.74) is 2.43. The molecule has 1 heterocycles. The lowest BCUT2D eigenvalue weighted by Crippen LogP contribution is -2.36. The predicted molar refractivity (Wildman–Crippen MR) is 111 cm³/mol. The average molecular weight is 425 g/mol. The molecular weight excluding hydrogens is 400 g/mol. The van der Waals surface area contributed by atoms with Crippen molar-refractivity contribution >= 4 is 31.4 Å². The molecule has 1 aliphatic rings. The maximum absolute atomic E-state index is 12.6.